The molecular weight excluding hydrogens is 312 g/mol. The van der Waals surface area contributed by atoms with Crippen LogP contribution in [0, 0.1) is 5.92 Å². The molecule has 2 rings (SSSR count). The molecular formula is C18H18O6. The van der Waals surface area contributed by atoms with E-state index < -0.39 is 23.5 Å². The lowest BCUT2D eigenvalue weighted by Gasteiger charge is -2.15. The molecule has 6 heteroatoms. The maximum absolute atomic E-state index is 12.1. The van der Waals surface area contributed by atoms with Gasteiger partial charge in [0.2, 0.25) is 0 Å². The van der Waals surface area contributed by atoms with Gasteiger partial charge >= 0.3 is 5.97 Å². The van der Waals surface area contributed by atoms with Crippen LogP contribution in [0.25, 0.3) is 6.08 Å². The molecule has 0 radical (unpaired) electrons. The molecule has 0 spiro atoms. The fourth-order valence-corrected chi connectivity index (χ4v) is 2.13. The molecule has 6 nitrogen and oxygen atoms in total. The maximum atomic E-state index is 12.1. The Kier molecular flexibility index (Phi) is 6.03. The summed E-state index contributed by atoms with van der Waals surface area (Å²) in [6.07, 6.45) is 3.88. The number of carbonyl (C=O) groups excluding carboxylic acids is 3. The Balaban J connectivity index is 2.05. The molecule has 0 amide bonds. The molecule has 1 atom stereocenters. The van der Waals surface area contributed by atoms with Crippen LogP contribution in [0.2, 0.25) is 0 Å². The van der Waals surface area contributed by atoms with E-state index in [1.165, 1.54) is 19.1 Å². The van der Waals surface area contributed by atoms with Crippen molar-refractivity contribution in [1.82, 2.24) is 0 Å². The molecule has 0 bridgehead atoms. The molecule has 1 aliphatic heterocycles. The van der Waals surface area contributed by atoms with Crippen LogP contribution in [0.5, 0.6) is 5.75 Å². The Hall–Kier alpha value is -2.73. The molecule has 1 heterocycles. The summed E-state index contributed by atoms with van der Waals surface area (Å²) in [5.74, 6) is -2.61. The number of allylic oxidation sites excluding steroid dienone is 3. The third-order valence-corrected chi connectivity index (χ3v) is 3.27. The lowest BCUT2D eigenvalue weighted by molar-refractivity contribution is -0.151. The highest BCUT2D eigenvalue weighted by Gasteiger charge is 2.36. The monoisotopic (exact) mass is 330 g/mol. The average molecular weight is 330 g/mol. The SMILES string of the molecule is COCCOc1cccc(/C=C\C(=O)[C@H]2C(=O)C=C(C)OC2=O)c1. The summed E-state index contributed by atoms with van der Waals surface area (Å²) in [5, 5.41) is 0. The van der Waals surface area contributed by atoms with Gasteiger partial charge in [0.05, 0.1) is 6.61 Å². The first-order chi connectivity index (χ1) is 11.5. The molecule has 1 aromatic carbocycles. The topological polar surface area (TPSA) is 78.9 Å². The number of rotatable bonds is 7. The van der Waals surface area contributed by atoms with Crippen molar-refractivity contribution in [2.24, 2.45) is 5.92 Å². The Morgan fingerprint density at radius 2 is 2.08 bits per heavy atom. The highest BCUT2D eigenvalue weighted by Crippen LogP contribution is 2.18. The summed E-state index contributed by atoms with van der Waals surface area (Å²) in [5.41, 5.74) is 0.710. The molecule has 0 saturated carbocycles. The average Bonchev–Trinajstić information content (AvgIpc) is 2.52. The fraction of sp³-hybridized carbons (Fsp3) is 0.278. The zero-order valence-electron chi connectivity index (χ0n) is 13.5. The first-order valence-corrected chi connectivity index (χ1v) is 7.39. The minimum Gasteiger partial charge on any atom is -0.491 e. The highest BCUT2D eigenvalue weighted by molar-refractivity contribution is 6.25. The van der Waals surface area contributed by atoms with E-state index in [4.69, 9.17) is 14.2 Å². The molecule has 0 saturated heterocycles. The number of ketones is 2. The van der Waals surface area contributed by atoms with Crippen LogP contribution >= 0.6 is 0 Å². The summed E-state index contributed by atoms with van der Waals surface area (Å²) in [4.78, 5) is 35.6. The van der Waals surface area contributed by atoms with Gasteiger partial charge in [-0.25, -0.2) is 0 Å². The summed E-state index contributed by atoms with van der Waals surface area (Å²) < 4.78 is 15.2. The normalized spacial score (nSPS) is 17.6. The van der Waals surface area contributed by atoms with Crippen molar-refractivity contribution >= 4 is 23.6 Å². The van der Waals surface area contributed by atoms with E-state index in [0.29, 0.717) is 24.5 Å². The summed E-state index contributed by atoms with van der Waals surface area (Å²) >= 11 is 0. The van der Waals surface area contributed by atoms with Crippen molar-refractivity contribution < 1.29 is 28.6 Å². The zero-order chi connectivity index (χ0) is 17.5. The Labute approximate surface area is 139 Å². The van der Waals surface area contributed by atoms with Gasteiger partial charge in [-0.3, -0.25) is 14.4 Å². The third-order valence-electron chi connectivity index (χ3n) is 3.27. The lowest BCUT2D eigenvalue weighted by Crippen LogP contribution is -2.34. The van der Waals surface area contributed by atoms with Crippen LogP contribution in [-0.4, -0.2) is 37.9 Å². The van der Waals surface area contributed by atoms with Gasteiger partial charge in [-0.1, -0.05) is 18.2 Å². The van der Waals surface area contributed by atoms with Crippen LogP contribution in [-0.2, 0) is 23.9 Å². The van der Waals surface area contributed by atoms with Gasteiger partial charge in [0.1, 0.15) is 18.1 Å². The summed E-state index contributed by atoms with van der Waals surface area (Å²) in [7, 11) is 1.59. The number of hydrogen-bond acceptors (Lipinski definition) is 6. The predicted octanol–water partition coefficient (Wildman–Crippen LogP) is 1.94. The Morgan fingerprint density at radius 1 is 1.29 bits per heavy atom. The Morgan fingerprint density at radius 3 is 2.79 bits per heavy atom. The van der Waals surface area contributed by atoms with E-state index in [2.05, 4.69) is 0 Å². The number of esters is 1. The molecule has 1 aliphatic rings. The van der Waals surface area contributed by atoms with Gasteiger partial charge in [0.25, 0.3) is 0 Å². The summed E-state index contributed by atoms with van der Waals surface area (Å²) in [6.45, 7) is 2.37. The predicted molar refractivity (Wildman–Crippen MR) is 86.2 cm³/mol. The minimum atomic E-state index is -1.42. The first-order valence-electron chi connectivity index (χ1n) is 7.39. The molecule has 0 aliphatic carbocycles. The molecule has 0 aromatic heterocycles. The quantitative estimate of drug-likeness (QED) is 0.329. The second-order valence-electron chi connectivity index (χ2n) is 5.16. The van der Waals surface area contributed by atoms with Gasteiger partial charge < -0.3 is 14.2 Å². The van der Waals surface area contributed by atoms with E-state index in [1.54, 1.807) is 31.4 Å². The number of ether oxygens (including phenoxy) is 3. The fourth-order valence-electron chi connectivity index (χ4n) is 2.13. The van der Waals surface area contributed by atoms with Crippen LogP contribution < -0.4 is 4.74 Å². The Bertz CT molecular complexity index is 701. The largest absolute Gasteiger partial charge is 0.491 e. The molecule has 0 fully saturated rings. The van der Waals surface area contributed by atoms with Crippen molar-refractivity contribution in [3.8, 4) is 5.75 Å². The van der Waals surface area contributed by atoms with Crippen molar-refractivity contribution in [2.45, 2.75) is 6.92 Å². The number of carbonyl (C=O) groups is 3. The van der Waals surface area contributed by atoms with Gasteiger partial charge in [-0.2, -0.15) is 0 Å². The van der Waals surface area contributed by atoms with Gasteiger partial charge in [0, 0.05) is 13.2 Å². The molecule has 1 aromatic rings. The van der Waals surface area contributed by atoms with E-state index in [9.17, 15) is 14.4 Å². The van der Waals surface area contributed by atoms with Crippen LogP contribution in [0.15, 0.2) is 42.2 Å². The number of hydrogen-bond donors (Lipinski definition) is 0. The van der Waals surface area contributed by atoms with Crippen LogP contribution in [0.1, 0.15) is 12.5 Å². The van der Waals surface area contributed by atoms with Crippen molar-refractivity contribution in [3.05, 3.63) is 47.7 Å². The first kappa shape index (κ1) is 17.6. The number of cyclic esters (lactones) is 1. The minimum absolute atomic E-state index is 0.193. The smallest absolute Gasteiger partial charge is 0.329 e. The van der Waals surface area contributed by atoms with E-state index in [0.717, 1.165) is 6.08 Å². The number of methoxy groups -OCH3 is 1. The second-order valence-corrected chi connectivity index (χ2v) is 5.16. The standard InChI is InChI=1S/C18H18O6/c1-12-10-16(20)17(18(21)24-12)15(19)7-6-13-4-3-5-14(11-13)23-9-8-22-2/h3-7,10-11,17H,8-9H2,1-2H3/b7-6-/t17-/m0/s1. The van der Waals surface area contributed by atoms with Gasteiger partial charge in [-0.15, -0.1) is 0 Å². The van der Waals surface area contributed by atoms with E-state index in [1.807, 2.05) is 0 Å². The third kappa shape index (κ3) is 4.63. The van der Waals surface area contributed by atoms with Gasteiger partial charge in [-0.05, 0) is 30.7 Å². The van der Waals surface area contributed by atoms with E-state index >= 15 is 0 Å². The highest BCUT2D eigenvalue weighted by atomic mass is 16.5. The molecule has 0 unspecified atom stereocenters. The maximum Gasteiger partial charge on any atom is 0.329 e. The van der Waals surface area contributed by atoms with E-state index in [-0.39, 0.29) is 5.76 Å². The van der Waals surface area contributed by atoms with Crippen molar-refractivity contribution in [2.75, 3.05) is 20.3 Å². The molecule has 24 heavy (non-hydrogen) atoms. The van der Waals surface area contributed by atoms with Crippen molar-refractivity contribution in [3.63, 3.8) is 0 Å². The number of benzene rings is 1. The second kappa shape index (κ2) is 8.21. The molecule has 126 valence electrons. The van der Waals surface area contributed by atoms with Gasteiger partial charge in [0.15, 0.2) is 17.5 Å². The molecule has 0 N–H and O–H groups in total. The van der Waals surface area contributed by atoms with Crippen molar-refractivity contribution in [1.29, 1.82) is 0 Å². The summed E-state index contributed by atoms with van der Waals surface area (Å²) in [6, 6.07) is 7.07. The zero-order valence-corrected chi connectivity index (χ0v) is 13.5. The lowest BCUT2D eigenvalue weighted by atomic mass is 9.96. The van der Waals surface area contributed by atoms with Crippen LogP contribution in [0.4, 0.5) is 0 Å². The van der Waals surface area contributed by atoms with Crippen LogP contribution in [0.3, 0.4) is 0 Å².